The zero-order chi connectivity index (χ0) is 14.2. The van der Waals surface area contributed by atoms with Crippen LogP contribution < -0.4 is 0 Å². The molecule has 0 bridgehead atoms. The Balaban J connectivity index is 2.08. The second-order valence-electron chi connectivity index (χ2n) is 5.89. The van der Waals surface area contributed by atoms with Gasteiger partial charge in [0.05, 0.1) is 11.7 Å². The van der Waals surface area contributed by atoms with E-state index >= 15 is 0 Å². The molecule has 2 nitrogen and oxygen atoms in total. The van der Waals surface area contributed by atoms with E-state index in [0.29, 0.717) is 0 Å². The van der Waals surface area contributed by atoms with Crippen LogP contribution in [0.4, 0.5) is 0 Å². The summed E-state index contributed by atoms with van der Waals surface area (Å²) < 4.78 is 5.58. The van der Waals surface area contributed by atoms with Gasteiger partial charge >= 0.3 is 5.97 Å². The van der Waals surface area contributed by atoms with Gasteiger partial charge in [-0.1, -0.05) is 50.3 Å². The highest BCUT2D eigenvalue weighted by molar-refractivity contribution is 5.91. The van der Waals surface area contributed by atoms with Gasteiger partial charge in [-0.25, -0.2) is 4.79 Å². The first-order valence-electron chi connectivity index (χ1n) is 8.06. The van der Waals surface area contributed by atoms with Gasteiger partial charge < -0.3 is 4.74 Å². The normalized spacial score (nSPS) is 22.4. The highest BCUT2D eigenvalue weighted by atomic mass is 16.5. The molecular formula is C18H26O2. The minimum absolute atomic E-state index is 0.0264. The molecule has 0 N–H and O–H groups in total. The summed E-state index contributed by atoms with van der Waals surface area (Å²) in [6, 6.07) is 7.90. The summed E-state index contributed by atoms with van der Waals surface area (Å²) in [6.45, 7) is 2.01. The molecule has 1 aliphatic rings. The fraction of sp³-hybridized carbons (Fsp3) is 0.611. The molecule has 1 heterocycles. The molecule has 0 amide bonds. The molecule has 0 unspecified atom stereocenters. The molecule has 0 saturated carbocycles. The zero-order valence-corrected chi connectivity index (χ0v) is 12.6. The molecule has 0 spiro atoms. The van der Waals surface area contributed by atoms with Crippen LogP contribution in [-0.4, -0.2) is 12.1 Å². The van der Waals surface area contributed by atoms with E-state index in [1.807, 2.05) is 25.1 Å². The van der Waals surface area contributed by atoms with Crippen LogP contribution in [0.25, 0.3) is 0 Å². The number of hydrogen-bond donors (Lipinski definition) is 0. The Morgan fingerprint density at radius 1 is 0.950 bits per heavy atom. The second kappa shape index (κ2) is 8.08. The van der Waals surface area contributed by atoms with E-state index in [0.717, 1.165) is 30.4 Å². The molecule has 2 heteroatoms. The van der Waals surface area contributed by atoms with Crippen molar-refractivity contribution in [3.63, 3.8) is 0 Å². The fourth-order valence-electron chi connectivity index (χ4n) is 2.87. The van der Waals surface area contributed by atoms with E-state index in [2.05, 4.69) is 6.07 Å². The molecule has 2 rings (SSSR count). The number of cyclic esters (lactones) is 1. The summed E-state index contributed by atoms with van der Waals surface area (Å²) >= 11 is 0. The monoisotopic (exact) mass is 274 g/mol. The van der Waals surface area contributed by atoms with E-state index in [-0.39, 0.29) is 12.1 Å². The van der Waals surface area contributed by atoms with Gasteiger partial charge in [-0.05, 0) is 44.2 Å². The van der Waals surface area contributed by atoms with Crippen LogP contribution in [-0.2, 0) is 11.2 Å². The average Bonchev–Trinajstić information content (AvgIpc) is 2.45. The lowest BCUT2D eigenvalue weighted by atomic mass is 9.99. The molecule has 0 radical (unpaired) electrons. The van der Waals surface area contributed by atoms with Crippen molar-refractivity contribution in [2.24, 2.45) is 0 Å². The molecule has 0 fully saturated rings. The maximum absolute atomic E-state index is 12.3. The smallest absolute Gasteiger partial charge is 0.338 e. The van der Waals surface area contributed by atoms with Crippen molar-refractivity contribution in [2.45, 2.75) is 70.8 Å². The summed E-state index contributed by atoms with van der Waals surface area (Å²) in [5.41, 5.74) is 1.90. The lowest BCUT2D eigenvalue weighted by Crippen LogP contribution is -2.16. The number of benzene rings is 1. The Hall–Kier alpha value is -1.31. The van der Waals surface area contributed by atoms with Crippen molar-refractivity contribution < 1.29 is 9.53 Å². The minimum atomic E-state index is -0.148. The first-order chi connectivity index (χ1) is 9.77. The van der Waals surface area contributed by atoms with Crippen molar-refractivity contribution in [2.75, 3.05) is 0 Å². The van der Waals surface area contributed by atoms with E-state index in [9.17, 15) is 4.79 Å². The summed E-state index contributed by atoms with van der Waals surface area (Å²) in [7, 11) is 0. The Kier molecular flexibility index (Phi) is 6.10. The summed E-state index contributed by atoms with van der Waals surface area (Å²) in [5, 5.41) is 0. The van der Waals surface area contributed by atoms with E-state index in [4.69, 9.17) is 4.74 Å². The van der Waals surface area contributed by atoms with Crippen LogP contribution >= 0.6 is 0 Å². The van der Waals surface area contributed by atoms with Crippen LogP contribution in [0.1, 0.15) is 74.2 Å². The van der Waals surface area contributed by atoms with E-state index < -0.39 is 0 Å². The molecule has 1 atom stereocenters. The summed E-state index contributed by atoms with van der Waals surface area (Å²) in [6.07, 6.45) is 10.8. The molecule has 0 aromatic heterocycles. The Morgan fingerprint density at radius 3 is 2.40 bits per heavy atom. The van der Waals surface area contributed by atoms with Gasteiger partial charge in [-0.3, -0.25) is 0 Å². The second-order valence-corrected chi connectivity index (χ2v) is 5.89. The average molecular weight is 274 g/mol. The molecule has 1 aromatic rings. The maximum Gasteiger partial charge on any atom is 0.338 e. The van der Waals surface area contributed by atoms with E-state index in [1.165, 1.54) is 38.5 Å². The van der Waals surface area contributed by atoms with Gasteiger partial charge in [0.2, 0.25) is 0 Å². The quantitative estimate of drug-likeness (QED) is 0.628. The lowest BCUT2D eigenvalue weighted by Gasteiger charge is -2.15. The Morgan fingerprint density at radius 2 is 1.60 bits per heavy atom. The van der Waals surface area contributed by atoms with Crippen molar-refractivity contribution in [3.05, 3.63) is 35.4 Å². The van der Waals surface area contributed by atoms with Crippen LogP contribution in [0.5, 0.6) is 0 Å². The molecule has 1 aliphatic heterocycles. The highest BCUT2D eigenvalue weighted by Gasteiger charge is 2.15. The Bertz CT molecular complexity index is 425. The number of hydrogen-bond acceptors (Lipinski definition) is 2. The summed E-state index contributed by atoms with van der Waals surface area (Å²) in [5.74, 6) is -0.148. The highest BCUT2D eigenvalue weighted by Crippen LogP contribution is 2.18. The zero-order valence-electron chi connectivity index (χ0n) is 12.6. The minimum Gasteiger partial charge on any atom is -0.459 e. The fourth-order valence-corrected chi connectivity index (χ4v) is 2.87. The van der Waals surface area contributed by atoms with Crippen LogP contribution in [0, 0.1) is 0 Å². The van der Waals surface area contributed by atoms with Gasteiger partial charge in [-0.2, -0.15) is 0 Å². The lowest BCUT2D eigenvalue weighted by molar-refractivity contribution is 0.0318. The molecule has 20 heavy (non-hydrogen) atoms. The third kappa shape index (κ3) is 4.66. The van der Waals surface area contributed by atoms with Crippen LogP contribution in [0.15, 0.2) is 24.3 Å². The molecule has 0 aliphatic carbocycles. The van der Waals surface area contributed by atoms with Crippen molar-refractivity contribution in [1.29, 1.82) is 0 Å². The van der Waals surface area contributed by atoms with Gasteiger partial charge in [0, 0.05) is 0 Å². The molecule has 110 valence electrons. The topological polar surface area (TPSA) is 26.3 Å². The standard InChI is InChI=1S/C18H26O2/c1-15-11-7-5-3-2-4-6-8-12-16-13-9-10-14-17(16)18(19)20-15/h9-10,13-15H,2-8,11-12H2,1H3/t15-/m0/s1. The SMILES string of the molecule is C[C@H]1CCCCCCCCCc2ccccc2C(=O)O1. The van der Waals surface area contributed by atoms with Crippen molar-refractivity contribution in [1.82, 2.24) is 0 Å². The van der Waals surface area contributed by atoms with E-state index in [1.54, 1.807) is 0 Å². The number of carbonyl (C=O) groups is 1. The third-order valence-corrected chi connectivity index (χ3v) is 4.10. The van der Waals surface area contributed by atoms with Crippen molar-refractivity contribution >= 4 is 5.97 Å². The number of esters is 1. The van der Waals surface area contributed by atoms with Crippen LogP contribution in [0.3, 0.4) is 0 Å². The summed E-state index contributed by atoms with van der Waals surface area (Å²) in [4.78, 5) is 12.3. The number of carbonyl (C=O) groups excluding carboxylic acids is 1. The first kappa shape index (κ1) is 15.1. The van der Waals surface area contributed by atoms with Crippen molar-refractivity contribution in [3.8, 4) is 0 Å². The third-order valence-electron chi connectivity index (χ3n) is 4.10. The molecule has 0 saturated heterocycles. The molecule has 1 aromatic carbocycles. The molecular weight excluding hydrogens is 248 g/mol. The maximum atomic E-state index is 12.3. The first-order valence-corrected chi connectivity index (χ1v) is 8.06. The number of ether oxygens (including phenoxy) is 1. The number of rotatable bonds is 0. The van der Waals surface area contributed by atoms with Gasteiger partial charge in [0.25, 0.3) is 0 Å². The van der Waals surface area contributed by atoms with Crippen LogP contribution in [0.2, 0.25) is 0 Å². The Labute approximate surface area is 122 Å². The number of aryl methyl sites for hydroxylation is 1. The van der Waals surface area contributed by atoms with Gasteiger partial charge in [-0.15, -0.1) is 0 Å². The number of fused-ring (bicyclic) bond motifs is 1. The van der Waals surface area contributed by atoms with Gasteiger partial charge in [0.15, 0.2) is 0 Å². The predicted molar refractivity (Wildman–Crippen MR) is 82.0 cm³/mol. The largest absolute Gasteiger partial charge is 0.459 e. The predicted octanol–water partition coefficient (Wildman–Crippen LogP) is 4.91. The van der Waals surface area contributed by atoms with Gasteiger partial charge in [0.1, 0.15) is 0 Å².